The quantitative estimate of drug-likeness (QED) is 0.281. The molecule has 0 aliphatic rings. The minimum absolute atomic E-state index is 0.0952. The maximum Gasteiger partial charge on any atom is 0.377 e. The minimum Gasteiger partial charge on any atom is -0.475 e. The van der Waals surface area contributed by atoms with Crippen LogP contribution in [0.15, 0.2) is 6.33 Å². The van der Waals surface area contributed by atoms with Crippen molar-refractivity contribution in [3.05, 3.63) is 23.8 Å². The molecule has 0 bridgehead atoms. The highest BCUT2D eigenvalue weighted by molar-refractivity contribution is 5.84. The molecule has 180 valence electrons. The zero-order valence-electron chi connectivity index (χ0n) is 18.8. The van der Waals surface area contributed by atoms with E-state index in [1.54, 1.807) is 16.3 Å². The maximum absolute atomic E-state index is 11.1. The highest BCUT2D eigenvalue weighted by Crippen LogP contribution is 2.04. The molecule has 12 heteroatoms. The second kappa shape index (κ2) is 15.9. The van der Waals surface area contributed by atoms with Crippen LogP contribution in [0.5, 0.6) is 0 Å². The van der Waals surface area contributed by atoms with Crippen molar-refractivity contribution in [2.45, 2.75) is 71.4 Å². The van der Waals surface area contributed by atoms with Crippen LogP contribution in [0.4, 0.5) is 0 Å². The summed E-state index contributed by atoms with van der Waals surface area (Å²) in [6.07, 6.45) is 9.09. The molecule has 0 aromatic carbocycles. The third-order valence-electron chi connectivity index (χ3n) is 4.53. The highest BCUT2D eigenvalue weighted by atomic mass is 16.5. The number of carboxylic acids is 1. The number of carbonyl (C=O) groups is 2. The first-order valence-electron chi connectivity index (χ1n) is 10.8. The molecule has 3 N–H and O–H groups in total. The van der Waals surface area contributed by atoms with E-state index in [9.17, 15) is 9.59 Å². The van der Waals surface area contributed by atoms with Gasteiger partial charge in [-0.2, -0.15) is 0 Å². The van der Waals surface area contributed by atoms with E-state index in [2.05, 4.69) is 24.9 Å². The molecule has 0 saturated carbocycles. The number of ether oxygens (including phenoxy) is 1. The Morgan fingerprint density at radius 3 is 2.03 bits per heavy atom. The number of rotatable bonds is 14. The van der Waals surface area contributed by atoms with Crippen molar-refractivity contribution in [1.29, 1.82) is 0 Å². The van der Waals surface area contributed by atoms with E-state index in [-0.39, 0.29) is 24.9 Å². The van der Waals surface area contributed by atoms with Crippen molar-refractivity contribution in [1.82, 2.24) is 29.5 Å². The van der Waals surface area contributed by atoms with Crippen LogP contribution in [0, 0.1) is 6.92 Å². The molecule has 0 fully saturated rings. The summed E-state index contributed by atoms with van der Waals surface area (Å²) in [5.74, 6) is -1.04. The van der Waals surface area contributed by atoms with Gasteiger partial charge in [-0.25, -0.2) is 24.2 Å². The normalized spacial score (nSPS) is 10.5. The van der Waals surface area contributed by atoms with Crippen LogP contribution in [0.2, 0.25) is 0 Å². The molecule has 2 rings (SSSR count). The first-order chi connectivity index (χ1) is 15.4. The lowest BCUT2D eigenvalue weighted by molar-refractivity contribution is 0.0585. The van der Waals surface area contributed by atoms with Crippen LogP contribution < -0.4 is 0 Å². The number of carboxylic acid groups (broad SMARTS) is 1. The van der Waals surface area contributed by atoms with Gasteiger partial charge in [-0.05, 0) is 32.6 Å². The van der Waals surface area contributed by atoms with Gasteiger partial charge in [0.2, 0.25) is 0 Å². The fraction of sp³-hybridized carbons (Fsp3) is 0.700. The third-order valence-corrected chi connectivity index (χ3v) is 4.53. The summed E-state index contributed by atoms with van der Waals surface area (Å²) in [6, 6.07) is 0. The summed E-state index contributed by atoms with van der Waals surface area (Å²) in [5.41, 5.74) is 0. The predicted molar refractivity (Wildman–Crippen MR) is 114 cm³/mol. The Balaban J connectivity index is 0.000000320. The molecule has 2 aromatic rings. The predicted octanol–water partition coefficient (Wildman–Crippen LogP) is 1.45. The first kappa shape index (κ1) is 27.2. The fourth-order valence-corrected chi connectivity index (χ4v) is 2.78. The number of hydrogen-bond donors (Lipinski definition) is 3. The van der Waals surface area contributed by atoms with Crippen LogP contribution in [0.3, 0.4) is 0 Å². The van der Waals surface area contributed by atoms with E-state index in [1.165, 1.54) is 13.4 Å². The molecule has 2 heterocycles. The van der Waals surface area contributed by atoms with Crippen LogP contribution in [-0.2, 0) is 17.8 Å². The summed E-state index contributed by atoms with van der Waals surface area (Å²) in [7, 11) is 1.30. The van der Waals surface area contributed by atoms with Gasteiger partial charge in [0, 0.05) is 26.3 Å². The van der Waals surface area contributed by atoms with Crippen molar-refractivity contribution in [3.8, 4) is 0 Å². The van der Waals surface area contributed by atoms with Gasteiger partial charge in [-0.1, -0.05) is 25.7 Å². The van der Waals surface area contributed by atoms with Crippen molar-refractivity contribution in [2.75, 3.05) is 20.3 Å². The van der Waals surface area contributed by atoms with Crippen molar-refractivity contribution in [2.24, 2.45) is 0 Å². The van der Waals surface area contributed by atoms with E-state index in [0.29, 0.717) is 12.4 Å². The number of methoxy groups -OCH3 is 1. The second-order valence-corrected chi connectivity index (χ2v) is 7.11. The van der Waals surface area contributed by atoms with Gasteiger partial charge >= 0.3 is 11.9 Å². The van der Waals surface area contributed by atoms with Gasteiger partial charge in [-0.15, -0.1) is 10.2 Å². The van der Waals surface area contributed by atoms with Gasteiger partial charge in [0.25, 0.3) is 11.6 Å². The Kier molecular flexibility index (Phi) is 13.5. The van der Waals surface area contributed by atoms with Gasteiger partial charge in [0.15, 0.2) is 0 Å². The smallest absolute Gasteiger partial charge is 0.377 e. The number of aliphatic hydroxyl groups excluding tert-OH is 2. The Morgan fingerprint density at radius 1 is 0.906 bits per heavy atom. The standard InChI is InChI=1S/2C10H17N3O3/c1-16-10(15)9-11-8-13(12-9)6-4-2-3-5-7-14;1-8-11-9(10(15)16)12-13(8)6-4-2-3-5-7-14/h8,14H,2-7H2,1H3;14H,2-7H2,1H3,(H,15,16). The van der Waals surface area contributed by atoms with Gasteiger partial charge in [-0.3, -0.25) is 4.68 Å². The van der Waals surface area contributed by atoms with E-state index in [0.717, 1.165) is 57.9 Å². The van der Waals surface area contributed by atoms with Gasteiger partial charge in [0.1, 0.15) is 12.2 Å². The fourth-order valence-electron chi connectivity index (χ4n) is 2.78. The molecule has 32 heavy (non-hydrogen) atoms. The van der Waals surface area contributed by atoms with E-state index in [1.807, 2.05) is 0 Å². The molecule has 0 unspecified atom stereocenters. The largest absolute Gasteiger partial charge is 0.475 e. The number of aliphatic hydroxyl groups is 2. The van der Waals surface area contributed by atoms with E-state index in [4.69, 9.17) is 15.3 Å². The number of hydrogen-bond acceptors (Lipinski definition) is 9. The molecule has 0 spiro atoms. The zero-order chi connectivity index (χ0) is 23.8. The van der Waals surface area contributed by atoms with Crippen molar-refractivity contribution >= 4 is 11.9 Å². The van der Waals surface area contributed by atoms with E-state index >= 15 is 0 Å². The second-order valence-electron chi connectivity index (χ2n) is 7.11. The molecule has 0 radical (unpaired) electrons. The molecule has 2 aromatic heterocycles. The number of aromatic nitrogens is 6. The average molecular weight is 455 g/mol. The molecule has 0 amide bonds. The molecule has 0 aliphatic carbocycles. The SMILES string of the molecule is COC(=O)c1ncn(CCCCCCO)n1.Cc1nc(C(=O)O)nn1CCCCCCO. The number of unbranched alkanes of at least 4 members (excludes halogenated alkanes) is 6. The molecule has 12 nitrogen and oxygen atoms in total. The highest BCUT2D eigenvalue weighted by Gasteiger charge is 2.12. The zero-order valence-corrected chi connectivity index (χ0v) is 18.8. The molecule has 0 saturated heterocycles. The lowest BCUT2D eigenvalue weighted by Gasteiger charge is -2.02. The average Bonchev–Trinajstić information content (AvgIpc) is 3.40. The number of aryl methyl sites for hydroxylation is 3. The number of carbonyl (C=O) groups excluding carboxylic acids is 1. The van der Waals surface area contributed by atoms with Crippen molar-refractivity contribution < 1.29 is 29.6 Å². The third kappa shape index (κ3) is 10.4. The summed E-state index contributed by atoms with van der Waals surface area (Å²) in [6.45, 7) is 3.63. The number of esters is 1. The monoisotopic (exact) mass is 454 g/mol. The summed E-state index contributed by atoms with van der Waals surface area (Å²) in [5, 5.41) is 33.8. The number of aromatic carboxylic acids is 1. The lowest BCUT2D eigenvalue weighted by Crippen LogP contribution is -2.06. The van der Waals surface area contributed by atoms with Gasteiger partial charge in [0.05, 0.1) is 7.11 Å². The molecule has 0 aliphatic heterocycles. The van der Waals surface area contributed by atoms with Crippen LogP contribution in [0.1, 0.15) is 78.4 Å². The molecule has 0 atom stereocenters. The molecular weight excluding hydrogens is 420 g/mol. The summed E-state index contributed by atoms with van der Waals surface area (Å²) in [4.78, 5) is 29.3. The van der Waals surface area contributed by atoms with Crippen LogP contribution in [0.25, 0.3) is 0 Å². The van der Waals surface area contributed by atoms with Crippen LogP contribution in [-0.4, -0.2) is 77.1 Å². The molecular formula is C20H34N6O6. The van der Waals surface area contributed by atoms with E-state index < -0.39 is 11.9 Å². The lowest BCUT2D eigenvalue weighted by atomic mass is 10.2. The maximum atomic E-state index is 11.1. The Labute approximate surface area is 187 Å². The summed E-state index contributed by atoms with van der Waals surface area (Å²) < 4.78 is 7.75. The summed E-state index contributed by atoms with van der Waals surface area (Å²) >= 11 is 0. The Bertz CT molecular complexity index is 806. The minimum atomic E-state index is -1.10. The van der Waals surface area contributed by atoms with Crippen molar-refractivity contribution in [3.63, 3.8) is 0 Å². The Hall–Kier alpha value is -2.86. The number of nitrogens with zero attached hydrogens (tertiary/aromatic N) is 6. The Morgan fingerprint density at radius 2 is 1.50 bits per heavy atom. The van der Waals surface area contributed by atoms with Gasteiger partial charge < -0.3 is 20.1 Å². The topological polar surface area (TPSA) is 165 Å². The first-order valence-corrected chi connectivity index (χ1v) is 10.8. The van der Waals surface area contributed by atoms with Crippen LogP contribution >= 0.6 is 0 Å².